The van der Waals surface area contributed by atoms with E-state index in [1.807, 2.05) is 13.8 Å². The van der Waals surface area contributed by atoms with E-state index in [4.69, 9.17) is 0 Å². The van der Waals surface area contributed by atoms with E-state index in [0.717, 1.165) is 12.8 Å². The van der Waals surface area contributed by atoms with E-state index in [-0.39, 0.29) is 20.7 Å². The van der Waals surface area contributed by atoms with Crippen molar-refractivity contribution in [2.75, 3.05) is 12.3 Å². The fourth-order valence-corrected chi connectivity index (χ4v) is 3.23. The van der Waals surface area contributed by atoms with Gasteiger partial charge in [0.15, 0.2) is 0 Å². The van der Waals surface area contributed by atoms with Crippen LogP contribution in [0.3, 0.4) is 0 Å². The maximum Gasteiger partial charge on any atom is 0 e. The van der Waals surface area contributed by atoms with Crippen molar-refractivity contribution >= 4 is 15.7 Å². The fourth-order valence-electron chi connectivity index (χ4n) is 1.08. The van der Waals surface area contributed by atoms with E-state index in [1.165, 1.54) is 0 Å². The maximum atomic E-state index is 9.48. The van der Waals surface area contributed by atoms with Gasteiger partial charge in [-0.2, -0.15) is 0 Å². The van der Waals surface area contributed by atoms with Gasteiger partial charge in [-0.15, -0.1) is 0 Å². The minimum Gasteiger partial charge on any atom is 0 e. The van der Waals surface area contributed by atoms with Gasteiger partial charge in [0.05, 0.1) is 0 Å². The van der Waals surface area contributed by atoms with Crippen molar-refractivity contribution in [3.63, 3.8) is 0 Å². The third-order valence-electron chi connectivity index (χ3n) is 1.94. The normalized spacial score (nSPS) is 14.4. The van der Waals surface area contributed by atoms with Crippen LogP contribution in [-0.4, -0.2) is 35.4 Å². The summed E-state index contributed by atoms with van der Waals surface area (Å²) in [7, 11) is -4.21. The van der Waals surface area contributed by atoms with Crippen LogP contribution < -0.4 is 0 Å². The Morgan fingerprint density at radius 3 is 1.38 bits per heavy atom. The van der Waals surface area contributed by atoms with Crippen molar-refractivity contribution in [2.45, 2.75) is 39.5 Å². The van der Waals surface area contributed by atoms with Crippen molar-refractivity contribution in [3.05, 3.63) is 0 Å². The third kappa shape index (κ3) is 8.70. The molecule has 0 aliphatic heterocycles. The summed E-state index contributed by atoms with van der Waals surface area (Å²) in [4.78, 5) is 28.5. The first-order valence-corrected chi connectivity index (χ1v) is 7.11. The zero-order chi connectivity index (χ0) is 9.69. The first-order chi connectivity index (χ1) is 5.39. The van der Waals surface area contributed by atoms with Gasteiger partial charge in [-0.05, 0) is 0 Å². The Kier molecular flexibility index (Phi) is 7.27. The van der Waals surface area contributed by atoms with Crippen LogP contribution in [0.4, 0.5) is 0 Å². The molecule has 0 fully saturated rings. The average molecular weight is 207 g/mol. The van der Waals surface area contributed by atoms with Crippen LogP contribution in [0.15, 0.2) is 0 Å². The molecule has 0 saturated heterocycles. The molecule has 0 saturated carbocycles. The van der Waals surface area contributed by atoms with Crippen molar-refractivity contribution < 1.29 is 14.7 Å². The second kappa shape index (κ2) is 5.97. The minimum absolute atomic E-state index is 0. The molecule has 0 amide bonds. The van der Waals surface area contributed by atoms with Gasteiger partial charge in [-0.1, -0.05) is 0 Å². The summed E-state index contributed by atoms with van der Waals surface area (Å²) in [5.41, 5.74) is 0. The van der Waals surface area contributed by atoms with E-state index in [2.05, 4.69) is 0 Å². The van der Waals surface area contributed by atoms with Gasteiger partial charge in [-0.3, -0.25) is 0 Å². The summed E-state index contributed by atoms with van der Waals surface area (Å²) in [5, 5.41) is 0. The van der Waals surface area contributed by atoms with Crippen LogP contribution in [0, 0.1) is 0 Å². The first kappa shape index (κ1) is 15.8. The number of unbranched alkanes of at least 4 members (excludes halogenated alkanes) is 2. The largest absolute Gasteiger partial charge is 0 e. The van der Waals surface area contributed by atoms with E-state index < -0.39 is 7.28 Å². The fraction of sp³-hybridized carbons (Fsp3) is 1.00. The van der Waals surface area contributed by atoms with Gasteiger partial charge >= 0.3 is 73.8 Å². The summed E-state index contributed by atoms with van der Waals surface area (Å²) in [6, 6.07) is 0. The van der Waals surface area contributed by atoms with Crippen LogP contribution in [0.25, 0.3) is 0 Å². The minimum atomic E-state index is -4.21. The molecule has 5 heteroatoms. The summed E-state index contributed by atoms with van der Waals surface area (Å²) in [5.74, 6) is 0. The average Bonchev–Trinajstić information content (AvgIpc) is 1.97. The molecule has 3 N–H and O–H groups in total. The van der Waals surface area contributed by atoms with Crippen LogP contribution >= 0.6 is 7.28 Å². The Hall–Kier alpha value is 0.375. The van der Waals surface area contributed by atoms with Crippen molar-refractivity contribution in [1.29, 1.82) is 0 Å². The first-order valence-electron chi connectivity index (χ1n) is 4.65. The Bertz CT molecular complexity index is 121. The van der Waals surface area contributed by atoms with Gasteiger partial charge < -0.3 is 0 Å². The second-order valence-corrected chi connectivity index (χ2v) is 7.07. The van der Waals surface area contributed by atoms with Crippen molar-refractivity contribution in [2.24, 2.45) is 0 Å². The number of hydrogen-bond donors (Lipinski definition) is 3. The molecule has 3 nitrogen and oxygen atoms in total. The third-order valence-corrected chi connectivity index (χ3v) is 4.40. The van der Waals surface area contributed by atoms with Crippen LogP contribution in [0.5, 0.6) is 0 Å². The molecule has 0 aromatic heterocycles. The molecule has 13 heavy (non-hydrogen) atoms. The van der Waals surface area contributed by atoms with E-state index in [0.29, 0.717) is 12.8 Å². The number of rotatable bonds is 6. The topological polar surface area (TPSA) is 60.7 Å². The van der Waals surface area contributed by atoms with Gasteiger partial charge in [0.1, 0.15) is 0 Å². The van der Waals surface area contributed by atoms with Gasteiger partial charge in [0.25, 0.3) is 0 Å². The standard InChI is InChI=1S/C8H21O3P.B/c1-3-5-7-12(9,10,11)8-6-4-2;/h9-11H,3-8H2,1-2H3;. The molecule has 0 rings (SSSR count). The van der Waals surface area contributed by atoms with E-state index >= 15 is 0 Å². The summed E-state index contributed by atoms with van der Waals surface area (Å²) in [6.07, 6.45) is 3.47. The molecule has 79 valence electrons. The summed E-state index contributed by atoms with van der Waals surface area (Å²) in [6.45, 7) is 3.93. The molecule has 0 aliphatic carbocycles. The zero-order valence-corrected chi connectivity index (χ0v) is 9.50. The molecule has 0 bridgehead atoms. The van der Waals surface area contributed by atoms with E-state index in [9.17, 15) is 14.7 Å². The molecule has 3 radical (unpaired) electrons. The van der Waals surface area contributed by atoms with Crippen molar-refractivity contribution in [3.8, 4) is 0 Å². The second-order valence-electron chi connectivity index (χ2n) is 3.49. The molecule has 0 aromatic rings. The predicted molar refractivity (Wildman–Crippen MR) is 58.9 cm³/mol. The maximum absolute atomic E-state index is 9.48. The smallest absolute Gasteiger partial charge is 0 e. The molecule has 0 atom stereocenters. The Labute approximate surface area is 82.9 Å². The van der Waals surface area contributed by atoms with Crippen molar-refractivity contribution in [1.82, 2.24) is 0 Å². The molecule has 0 aliphatic rings. The Morgan fingerprint density at radius 1 is 0.846 bits per heavy atom. The quantitative estimate of drug-likeness (QED) is 0.456. The van der Waals surface area contributed by atoms with Crippen LogP contribution in [-0.2, 0) is 0 Å². The zero-order valence-electron chi connectivity index (χ0n) is 8.61. The van der Waals surface area contributed by atoms with Crippen LogP contribution in [0.2, 0.25) is 0 Å². The molecule has 0 spiro atoms. The molecule has 0 unspecified atom stereocenters. The number of hydrogen-bond acceptors (Lipinski definition) is 3. The predicted octanol–water partition coefficient (Wildman–Crippen LogP) is 1.48. The molecular weight excluding hydrogens is 186 g/mol. The SMILES string of the molecule is CCCCP(O)(O)(O)CCCC.[B]. The molecular formula is C8H21BO3P. The Balaban J connectivity index is 0. The summed E-state index contributed by atoms with van der Waals surface area (Å²) >= 11 is 0. The monoisotopic (exact) mass is 207 g/mol. The van der Waals surface area contributed by atoms with Gasteiger partial charge in [0.2, 0.25) is 0 Å². The van der Waals surface area contributed by atoms with Crippen LogP contribution in [0.1, 0.15) is 39.5 Å². The van der Waals surface area contributed by atoms with E-state index in [1.54, 1.807) is 0 Å². The molecule has 0 heterocycles. The van der Waals surface area contributed by atoms with Gasteiger partial charge in [0, 0.05) is 8.41 Å². The van der Waals surface area contributed by atoms with Gasteiger partial charge in [-0.25, -0.2) is 0 Å². The molecule has 0 aromatic carbocycles. The Morgan fingerprint density at radius 2 is 1.15 bits per heavy atom. The summed E-state index contributed by atoms with van der Waals surface area (Å²) < 4.78 is 0.